The zero-order valence-electron chi connectivity index (χ0n) is 7.98. The Kier molecular flexibility index (Phi) is 5.72. The molecular formula is C9H15BrN2. The van der Waals surface area contributed by atoms with Gasteiger partial charge in [-0.15, -0.1) is 0 Å². The highest BCUT2D eigenvalue weighted by molar-refractivity contribution is 9.10. The molecule has 0 saturated heterocycles. The van der Waals surface area contributed by atoms with Crippen molar-refractivity contribution in [2.75, 3.05) is 12.4 Å². The van der Waals surface area contributed by atoms with Crippen molar-refractivity contribution in [2.24, 2.45) is 0 Å². The Bertz CT molecular complexity index is 216. The Morgan fingerprint density at radius 3 is 2.33 bits per heavy atom. The number of rotatable bonds is 1. The van der Waals surface area contributed by atoms with Gasteiger partial charge in [-0.3, -0.25) is 0 Å². The van der Waals surface area contributed by atoms with E-state index in [-0.39, 0.29) is 0 Å². The summed E-state index contributed by atoms with van der Waals surface area (Å²) in [6.45, 7) is 6.04. The highest BCUT2D eigenvalue weighted by Gasteiger charge is 1.93. The minimum atomic E-state index is 0.872. The van der Waals surface area contributed by atoms with Crippen LogP contribution in [0.2, 0.25) is 0 Å². The van der Waals surface area contributed by atoms with E-state index in [2.05, 4.69) is 26.2 Å². The summed E-state index contributed by atoms with van der Waals surface area (Å²) in [4.78, 5) is 4.16. The molecule has 12 heavy (non-hydrogen) atoms. The van der Waals surface area contributed by atoms with Crippen LogP contribution in [0.15, 0.2) is 16.7 Å². The first-order valence-electron chi connectivity index (χ1n) is 4.04. The van der Waals surface area contributed by atoms with Gasteiger partial charge in [0.1, 0.15) is 10.4 Å². The third-order valence-corrected chi connectivity index (χ3v) is 1.60. The van der Waals surface area contributed by atoms with Crippen LogP contribution < -0.4 is 5.32 Å². The fraction of sp³-hybridized carbons (Fsp3) is 0.444. The molecule has 0 amide bonds. The highest BCUT2D eigenvalue weighted by Crippen LogP contribution is 2.13. The molecule has 68 valence electrons. The Hall–Kier alpha value is -0.570. The molecule has 0 bridgehead atoms. The van der Waals surface area contributed by atoms with Gasteiger partial charge in [-0.25, -0.2) is 4.98 Å². The number of aromatic nitrogens is 1. The second kappa shape index (κ2) is 6.00. The van der Waals surface area contributed by atoms with E-state index in [4.69, 9.17) is 0 Å². The molecule has 0 fully saturated rings. The molecule has 1 aromatic heterocycles. The van der Waals surface area contributed by atoms with Crippen LogP contribution in [0.5, 0.6) is 0 Å². The van der Waals surface area contributed by atoms with Gasteiger partial charge < -0.3 is 5.32 Å². The number of nitrogens with zero attached hydrogens (tertiary/aromatic N) is 1. The Morgan fingerprint density at radius 2 is 1.92 bits per heavy atom. The summed E-state index contributed by atoms with van der Waals surface area (Å²) in [5, 5.41) is 2.97. The quantitative estimate of drug-likeness (QED) is 0.750. The van der Waals surface area contributed by atoms with Crippen molar-refractivity contribution < 1.29 is 0 Å². The Balaban J connectivity index is 0.000000561. The van der Waals surface area contributed by atoms with Crippen molar-refractivity contribution in [2.45, 2.75) is 20.8 Å². The van der Waals surface area contributed by atoms with Crippen molar-refractivity contribution in [1.82, 2.24) is 4.98 Å². The van der Waals surface area contributed by atoms with Crippen molar-refractivity contribution in [3.8, 4) is 0 Å². The highest BCUT2D eigenvalue weighted by atomic mass is 79.9. The smallest absolute Gasteiger partial charge is 0.127 e. The molecule has 0 aliphatic carbocycles. The molecule has 1 rings (SSSR count). The van der Waals surface area contributed by atoms with Crippen molar-refractivity contribution in [3.05, 3.63) is 22.3 Å². The fourth-order valence-corrected chi connectivity index (χ4v) is 1.30. The molecule has 1 N–H and O–H groups in total. The molecule has 2 nitrogen and oxygen atoms in total. The van der Waals surface area contributed by atoms with Crippen LogP contribution >= 0.6 is 15.9 Å². The lowest BCUT2D eigenvalue weighted by Crippen LogP contribution is -1.92. The SMILES string of the molecule is CC.CNc1cc(C)cc(Br)n1. The van der Waals surface area contributed by atoms with E-state index in [9.17, 15) is 0 Å². The van der Waals surface area contributed by atoms with Gasteiger partial charge >= 0.3 is 0 Å². The topological polar surface area (TPSA) is 24.9 Å². The maximum absolute atomic E-state index is 4.16. The number of hydrogen-bond donors (Lipinski definition) is 1. The first kappa shape index (κ1) is 11.4. The maximum atomic E-state index is 4.16. The predicted molar refractivity (Wildman–Crippen MR) is 57.6 cm³/mol. The molecule has 0 spiro atoms. The molecule has 0 saturated carbocycles. The van der Waals surface area contributed by atoms with E-state index in [0.717, 1.165) is 10.4 Å². The monoisotopic (exact) mass is 230 g/mol. The molecule has 3 heteroatoms. The number of anilines is 1. The summed E-state index contributed by atoms with van der Waals surface area (Å²) < 4.78 is 0.872. The van der Waals surface area contributed by atoms with Gasteiger partial charge in [0.15, 0.2) is 0 Å². The maximum Gasteiger partial charge on any atom is 0.127 e. The summed E-state index contributed by atoms with van der Waals surface area (Å²) >= 11 is 3.30. The molecule has 0 aromatic carbocycles. The summed E-state index contributed by atoms with van der Waals surface area (Å²) in [6, 6.07) is 3.96. The third-order valence-electron chi connectivity index (χ3n) is 1.19. The molecule has 0 unspecified atom stereocenters. The van der Waals surface area contributed by atoms with Crippen LogP contribution in [0, 0.1) is 6.92 Å². The fourth-order valence-electron chi connectivity index (χ4n) is 0.753. The van der Waals surface area contributed by atoms with Gasteiger partial charge in [0, 0.05) is 7.05 Å². The third kappa shape index (κ3) is 3.72. The van der Waals surface area contributed by atoms with Crippen LogP contribution in [-0.4, -0.2) is 12.0 Å². The van der Waals surface area contributed by atoms with E-state index in [0.29, 0.717) is 0 Å². The first-order chi connectivity index (χ1) is 5.72. The second-order valence-electron chi connectivity index (χ2n) is 2.10. The van der Waals surface area contributed by atoms with Gasteiger partial charge in [-0.2, -0.15) is 0 Å². The van der Waals surface area contributed by atoms with Gasteiger partial charge in [0.25, 0.3) is 0 Å². The minimum absolute atomic E-state index is 0.872. The predicted octanol–water partition coefficient (Wildman–Crippen LogP) is 3.22. The zero-order valence-corrected chi connectivity index (χ0v) is 9.57. The molecule has 1 aromatic rings. The van der Waals surface area contributed by atoms with Gasteiger partial charge in [0.05, 0.1) is 0 Å². The minimum Gasteiger partial charge on any atom is -0.373 e. The average Bonchev–Trinajstić information content (AvgIpc) is 2.06. The average molecular weight is 231 g/mol. The zero-order chi connectivity index (χ0) is 9.56. The van der Waals surface area contributed by atoms with Crippen LogP contribution in [0.1, 0.15) is 19.4 Å². The molecular weight excluding hydrogens is 216 g/mol. The number of aryl methyl sites for hydroxylation is 1. The number of nitrogens with one attached hydrogen (secondary N) is 1. The standard InChI is InChI=1S/C7H9BrN2.C2H6/c1-5-3-6(8)10-7(4-5)9-2;1-2/h3-4H,1-2H3,(H,9,10);1-2H3. The Labute approximate surface area is 82.5 Å². The first-order valence-corrected chi connectivity index (χ1v) is 4.83. The van der Waals surface area contributed by atoms with Crippen molar-refractivity contribution >= 4 is 21.7 Å². The van der Waals surface area contributed by atoms with Crippen LogP contribution in [0.4, 0.5) is 5.82 Å². The van der Waals surface area contributed by atoms with Crippen LogP contribution in [-0.2, 0) is 0 Å². The van der Waals surface area contributed by atoms with E-state index in [1.807, 2.05) is 40.0 Å². The summed E-state index contributed by atoms with van der Waals surface area (Å²) in [5.74, 6) is 0.895. The van der Waals surface area contributed by atoms with Gasteiger partial charge in [-0.1, -0.05) is 13.8 Å². The van der Waals surface area contributed by atoms with E-state index < -0.39 is 0 Å². The lowest BCUT2D eigenvalue weighted by atomic mass is 10.3. The molecule has 1 heterocycles. The largest absolute Gasteiger partial charge is 0.373 e. The van der Waals surface area contributed by atoms with E-state index >= 15 is 0 Å². The summed E-state index contributed by atoms with van der Waals surface area (Å²) in [7, 11) is 1.86. The normalized spacial score (nSPS) is 8.42. The van der Waals surface area contributed by atoms with E-state index in [1.54, 1.807) is 0 Å². The number of hydrogen-bond acceptors (Lipinski definition) is 2. The molecule has 0 radical (unpaired) electrons. The Morgan fingerprint density at radius 1 is 1.33 bits per heavy atom. The second-order valence-corrected chi connectivity index (χ2v) is 2.91. The molecule has 0 aliphatic rings. The van der Waals surface area contributed by atoms with Crippen molar-refractivity contribution in [3.63, 3.8) is 0 Å². The number of pyridine rings is 1. The lowest BCUT2D eigenvalue weighted by molar-refractivity contribution is 1.22. The van der Waals surface area contributed by atoms with E-state index in [1.165, 1.54) is 5.56 Å². The van der Waals surface area contributed by atoms with Crippen molar-refractivity contribution in [1.29, 1.82) is 0 Å². The van der Waals surface area contributed by atoms with Gasteiger partial charge in [-0.05, 0) is 40.5 Å². The summed E-state index contributed by atoms with van der Waals surface area (Å²) in [6.07, 6.45) is 0. The van der Waals surface area contributed by atoms with Gasteiger partial charge in [0.2, 0.25) is 0 Å². The summed E-state index contributed by atoms with van der Waals surface area (Å²) in [5.41, 5.74) is 1.20. The molecule has 0 aliphatic heterocycles. The van der Waals surface area contributed by atoms with Crippen LogP contribution in [0.3, 0.4) is 0 Å². The lowest BCUT2D eigenvalue weighted by Gasteiger charge is -2.00. The number of halogens is 1. The van der Waals surface area contributed by atoms with Crippen LogP contribution in [0.25, 0.3) is 0 Å². The molecule has 0 atom stereocenters.